The zero-order valence-electron chi connectivity index (χ0n) is 21.0. The normalized spacial score (nSPS) is 14.3. The number of benzene rings is 2. The third-order valence-corrected chi connectivity index (χ3v) is 6.56. The molecule has 0 unspecified atom stereocenters. The van der Waals surface area contributed by atoms with Crippen LogP contribution >= 0.6 is 11.6 Å². The van der Waals surface area contributed by atoms with Gasteiger partial charge in [-0.2, -0.15) is 5.10 Å². The molecule has 1 saturated heterocycles. The minimum absolute atomic E-state index is 0.0566. The van der Waals surface area contributed by atoms with Gasteiger partial charge in [0.1, 0.15) is 5.02 Å². The third-order valence-electron chi connectivity index (χ3n) is 6.20. The Balaban J connectivity index is 1.36. The molecule has 1 aliphatic rings. The topological polar surface area (TPSA) is 91.3 Å². The fourth-order valence-corrected chi connectivity index (χ4v) is 4.36. The first-order valence-corrected chi connectivity index (χ1v) is 12.6. The van der Waals surface area contributed by atoms with Crippen LogP contribution in [-0.2, 0) is 12.0 Å². The van der Waals surface area contributed by atoms with Crippen LogP contribution in [0.2, 0.25) is 5.02 Å². The molecular formula is C27H33ClN6O2. The quantitative estimate of drug-likeness (QED) is 0.465. The van der Waals surface area contributed by atoms with E-state index >= 15 is 0 Å². The van der Waals surface area contributed by atoms with Crippen LogP contribution in [0.4, 0.5) is 21.9 Å². The summed E-state index contributed by atoms with van der Waals surface area (Å²) in [6, 6.07) is 14.8. The van der Waals surface area contributed by atoms with Crippen molar-refractivity contribution in [1.29, 1.82) is 0 Å². The Kier molecular flexibility index (Phi) is 7.96. The smallest absolute Gasteiger partial charge is 0.323 e. The van der Waals surface area contributed by atoms with Crippen LogP contribution < -0.4 is 26.4 Å². The van der Waals surface area contributed by atoms with Gasteiger partial charge in [0, 0.05) is 31.0 Å². The second-order valence-electron chi connectivity index (χ2n) is 10.0. The van der Waals surface area contributed by atoms with Gasteiger partial charge in [-0.25, -0.2) is 9.48 Å². The second kappa shape index (κ2) is 11.1. The van der Waals surface area contributed by atoms with E-state index in [1.165, 1.54) is 10.2 Å². The van der Waals surface area contributed by atoms with Crippen LogP contribution in [0.15, 0.2) is 59.5 Å². The molecule has 0 aliphatic carbocycles. The number of nitrogens with one attached hydrogen (secondary N) is 3. The van der Waals surface area contributed by atoms with Gasteiger partial charge in [-0.05, 0) is 53.8 Å². The molecule has 0 radical (unpaired) electrons. The summed E-state index contributed by atoms with van der Waals surface area (Å²) in [6.45, 7) is 10.2. The lowest BCUT2D eigenvalue weighted by Gasteiger charge is -2.23. The number of nitrogens with zero attached hydrogens (tertiary/aromatic N) is 3. The van der Waals surface area contributed by atoms with E-state index < -0.39 is 0 Å². The van der Waals surface area contributed by atoms with Crippen molar-refractivity contribution in [1.82, 2.24) is 15.1 Å². The predicted octanol–water partition coefficient (Wildman–Crippen LogP) is 4.69. The zero-order chi connectivity index (χ0) is 25.7. The molecule has 9 heteroatoms. The summed E-state index contributed by atoms with van der Waals surface area (Å²) in [5.41, 5.74) is 3.86. The average molecular weight is 509 g/mol. The van der Waals surface area contributed by atoms with Crippen LogP contribution in [0, 0.1) is 0 Å². The van der Waals surface area contributed by atoms with Crippen LogP contribution in [0.1, 0.15) is 38.3 Å². The molecule has 1 fully saturated rings. The summed E-state index contributed by atoms with van der Waals surface area (Å²) in [5, 5.41) is 13.6. The van der Waals surface area contributed by atoms with Crippen molar-refractivity contribution < 1.29 is 4.79 Å². The molecule has 0 saturated carbocycles. The molecule has 1 aromatic heterocycles. The maximum atomic E-state index is 12.8. The highest BCUT2D eigenvalue weighted by atomic mass is 35.5. The molecule has 0 spiro atoms. The maximum absolute atomic E-state index is 12.8. The standard InChI is InChI=1S/C27H33ClN6O2/c1-27(2,3)20-7-11-22(12-8-20)32-26(36)31-21-9-5-19(6-10-21)18-34-25(35)24(28)23(17-30-34)33-15-4-13-29-14-16-33/h5-12,17,29H,4,13-16,18H2,1-3H3,(H2,31,32,36). The van der Waals surface area contributed by atoms with Crippen LogP contribution in [0.3, 0.4) is 0 Å². The van der Waals surface area contributed by atoms with Crippen molar-refractivity contribution in [3.05, 3.63) is 81.2 Å². The first-order valence-electron chi connectivity index (χ1n) is 12.2. The lowest BCUT2D eigenvalue weighted by molar-refractivity contribution is 0.262. The SMILES string of the molecule is CC(C)(C)c1ccc(NC(=O)Nc2ccc(Cn3ncc(N4CCCNCC4)c(Cl)c3=O)cc2)cc1. The third kappa shape index (κ3) is 6.44. The highest BCUT2D eigenvalue weighted by Crippen LogP contribution is 2.24. The van der Waals surface area contributed by atoms with E-state index in [2.05, 4.69) is 46.7 Å². The van der Waals surface area contributed by atoms with Crippen LogP contribution in [0.25, 0.3) is 0 Å². The van der Waals surface area contributed by atoms with Crippen molar-refractivity contribution >= 4 is 34.7 Å². The Morgan fingerprint density at radius 1 is 1.00 bits per heavy atom. The monoisotopic (exact) mass is 508 g/mol. The number of hydrogen-bond donors (Lipinski definition) is 3. The molecular weight excluding hydrogens is 476 g/mol. The molecule has 4 rings (SSSR count). The largest absolute Gasteiger partial charge is 0.368 e. The molecule has 2 heterocycles. The van der Waals surface area contributed by atoms with E-state index in [-0.39, 0.29) is 28.6 Å². The molecule has 1 aliphatic heterocycles. The lowest BCUT2D eigenvalue weighted by Crippen LogP contribution is -2.32. The highest BCUT2D eigenvalue weighted by Gasteiger charge is 2.17. The number of aromatic nitrogens is 2. The molecule has 3 N–H and O–H groups in total. The molecule has 3 aromatic rings. The number of hydrogen-bond acceptors (Lipinski definition) is 5. The minimum atomic E-state index is -0.324. The second-order valence-corrected chi connectivity index (χ2v) is 10.4. The molecule has 8 nitrogen and oxygen atoms in total. The summed E-state index contributed by atoms with van der Waals surface area (Å²) >= 11 is 6.44. The van der Waals surface area contributed by atoms with Crippen molar-refractivity contribution in [2.24, 2.45) is 0 Å². The first-order chi connectivity index (χ1) is 17.2. The van der Waals surface area contributed by atoms with E-state index in [1.807, 2.05) is 36.4 Å². The van der Waals surface area contributed by atoms with E-state index in [0.717, 1.165) is 43.9 Å². The molecule has 36 heavy (non-hydrogen) atoms. The number of halogens is 1. The number of carbonyl (C=O) groups excluding carboxylic acids is 1. The van der Waals surface area contributed by atoms with Crippen molar-refractivity contribution in [3.8, 4) is 0 Å². The van der Waals surface area contributed by atoms with E-state index in [1.54, 1.807) is 18.3 Å². The molecule has 2 amide bonds. The highest BCUT2D eigenvalue weighted by molar-refractivity contribution is 6.33. The van der Waals surface area contributed by atoms with Crippen molar-refractivity contribution in [2.45, 2.75) is 39.2 Å². The summed E-state index contributed by atoms with van der Waals surface area (Å²) in [7, 11) is 0. The summed E-state index contributed by atoms with van der Waals surface area (Å²) in [6.07, 6.45) is 2.66. The summed E-state index contributed by atoms with van der Waals surface area (Å²) < 4.78 is 1.36. The number of amides is 2. The van der Waals surface area contributed by atoms with Gasteiger partial charge in [-0.1, -0.05) is 56.6 Å². The summed E-state index contributed by atoms with van der Waals surface area (Å²) in [5.74, 6) is 0. The predicted molar refractivity (Wildman–Crippen MR) is 147 cm³/mol. The van der Waals surface area contributed by atoms with Crippen molar-refractivity contribution in [2.75, 3.05) is 41.7 Å². The van der Waals surface area contributed by atoms with Crippen LogP contribution in [-0.4, -0.2) is 42.0 Å². The maximum Gasteiger partial charge on any atom is 0.323 e. The Hall–Kier alpha value is -3.36. The van der Waals surface area contributed by atoms with Gasteiger partial charge in [0.2, 0.25) is 0 Å². The summed E-state index contributed by atoms with van der Waals surface area (Å²) in [4.78, 5) is 27.4. The number of rotatable bonds is 5. The Morgan fingerprint density at radius 2 is 1.64 bits per heavy atom. The van der Waals surface area contributed by atoms with Gasteiger partial charge in [0.15, 0.2) is 0 Å². The van der Waals surface area contributed by atoms with Gasteiger partial charge >= 0.3 is 6.03 Å². The minimum Gasteiger partial charge on any atom is -0.368 e. The molecule has 0 atom stereocenters. The Morgan fingerprint density at radius 3 is 2.28 bits per heavy atom. The fraction of sp³-hybridized carbons (Fsp3) is 0.370. The molecule has 190 valence electrons. The zero-order valence-corrected chi connectivity index (χ0v) is 21.7. The van der Waals surface area contributed by atoms with E-state index in [9.17, 15) is 9.59 Å². The Bertz CT molecular complexity index is 1240. The lowest BCUT2D eigenvalue weighted by atomic mass is 9.87. The molecule has 2 aromatic carbocycles. The fourth-order valence-electron chi connectivity index (χ4n) is 4.09. The van der Waals surface area contributed by atoms with Gasteiger partial charge in [-0.15, -0.1) is 0 Å². The van der Waals surface area contributed by atoms with Gasteiger partial charge < -0.3 is 20.9 Å². The number of carbonyl (C=O) groups is 1. The van der Waals surface area contributed by atoms with E-state index in [4.69, 9.17) is 11.6 Å². The van der Waals surface area contributed by atoms with Gasteiger partial charge in [-0.3, -0.25) is 4.79 Å². The number of urea groups is 1. The van der Waals surface area contributed by atoms with Gasteiger partial charge in [0.05, 0.1) is 18.4 Å². The average Bonchev–Trinajstić information content (AvgIpc) is 3.13. The van der Waals surface area contributed by atoms with Gasteiger partial charge in [0.25, 0.3) is 5.56 Å². The van der Waals surface area contributed by atoms with Crippen molar-refractivity contribution in [3.63, 3.8) is 0 Å². The Labute approximate surface area is 216 Å². The van der Waals surface area contributed by atoms with Crippen LogP contribution in [0.5, 0.6) is 0 Å². The molecule has 0 bridgehead atoms. The number of anilines is 3. The van der Waals surface area contributed by atoms with E-state index in [0.29, 0.717) is 11.4 Å². The first kappa shape index (κ1) is 25.7.